The molecular formula is C12H25O9-. The Balaban J connectivity index is -0.000000240. The van der Waals surface area contributed by atoms with E-state index in [2.05, 4.69) is 0 Å². The summed E-state index contributed by atoms with van der Waals surface area (Å²) in [5, 5.41) is 58.1. The van der Waals surface area contributed by atoms with Crippen molar-refractivity contribution in [1.82, 2.24) is 0 Å². The lowest BCUT2D eigenvalue weighted by Crippen LogP contribution is -2.32. The van der Waals surface area contributed by atoms with E-state index >= 15 is 0 Å². The van der Waals surface area contributed by atoms with Gasteiger partial charge in [-0.15, -0.1) is 0 Å². The second kappa shape index (κ2) is 16.8. The van der Waals surface area contributed by atoms with Crippen molar-refractivity contribution in [3.63, 3.8) is 0 Å². The Morgan fingerprint density at radius 1 is 1.10 bits per heavy atom. The van der Waals surface area contributed by atoms with Crippen LogP contribution in [0.4, 0.5) is 0 Å². The summed E-state index contributed by atoms with van der Waals surface area (Å²) in [5.74, 6) is -2.56. The Bertz CT molecular complexity index is 251. The molecule has 2 atom stereocenters. The van der Waals surface area contributed by atoms with Gasteiger partial charge in [0.05, 0.1) is 25.3 Å². The first-order valence-corrected chi connectivity index (χ1v) is 6.33. The number of aliphatic carboxylic acids is 2. The third-order valence-electron chi connectivity index (χ3n) is 1.88. The third-order valence-corrected chi connectivity index (χ3v) is 1.88. The molecule has 0 heterocycles. The fourth-order valence-corrected chi connectivity index (χ4v) is 0.579. The van der Waals surface area contributed by atoms with E-state index in [0.29, 0.717) is 6.42 Å². The van der Waals surface area contributed by atoms with Gasteiger partial charge in [0.1, 0.15) is 6.10 Å². The van der Waals surface area contributed by atoms with Crippen LogP contribution in [0.2, 0.25) is 0 Å². The van der Waals surface area contributed by atoms with Crippen LogP contribution in [0.15, 0.2) is 0 Å². The van der Waals surface area contributed by atoms with Crippen molar-refractivity contribution in [3.05, 3.63) is 0 Å². The molecule has 0 aromatic rings. The maximum absolute atomic E-state index is 9.96. The molecule has 0 amide bonds. The van der Waals surface area contributed by atoms with Gasteiger partial charge < -0.3 is 40.5 Å². The summed E-state index contributed by atoms with van der Waals surface area (Å²) >= 11 is 0. The molecule has 0 aliphatic heterocycles. The van der Waals surface area contributed by atoms with E-state index in [1.54, 1.807) is 0 Å². The highest BCUT2D eigenvalue weighted by Crippen LogP contribution is 1.99. The minimum atomic E-state index is -1.44. The van der Waals surface area contributed by atoms with Crippen LogP contribution in [0.5, 0.6) is 0 Å². The van der Waals surface area contributed by atoms with Crippen molar-refractivity contribution in [3.8, 4) is 0 Å². The number of aliphatic hydroxyl groups is 5. The summed E-state index contributed by atoms with van der Waals surface area (Å²) in [5.41, 5.74) is 0. The minimum absolute atomic E-state index is 0.365. The second-order valence-corrected chi connectivity index (χ2v) is 4.01. The lowest BCUT2D eigenvalue weighted by molar-refractivity contribution is -0.314. The lowest BCUT2D eigenvalue weighted by Gasteiger charge is -2.01. The summed E-state index contributed by atoms with van der Waals surface area (Å²) in [4.78, 5) is 19.3. The summed E-state index contributed by atoms with van der Waals surface area (Å²) in [6.45, 7) is 2.36. The van der Waals surface area contributed by atoms with Crippen molar-refractivity contribution in [2.75, 3.05) is 13.2 Å². The van der Waals surface area contributed by atoms with Crippen molar-refractivity contribution >= 4 is 11.9 Å². The predicted molar refractivity (Wildman–Crippen MR) is 70.0 cm³/mol. The van der Waals surface area contributed by atoms with E-state index in [1.807, 2.05) is 6.92 Å². The Kier molecular flexibility index (Phi) is 19.8. The SMILES string of the molecule is CC(O)C(=O)[O-].CCCCC(O)C(=O)O.OCC(O)CO. The van der Waals surface area contributed by atoms with Gasteiger partial charge in [-0.1, -0.05) is 19.8 Å². The standard InChI is InChI=1S/C6H12O3.C3H8O3.C3H6O3/c1-2-3-4-5(7)6(8)9;4-1-3(6)2-5;1-2(4)3(5)6/h5,7H,2-4H2,1H3,(H,8,9);3-6H,1-2H2;2,4H,1H3,(H,5,6)/p-1. The molecular weight excluding hydrogens is 288 g/mol. The van der Waals surface area contributed by atoms with Crippen LogP contribution in [0.3, 0.4) is 0 Å². The molecule has 21 heavy (non-hydrogen) atoms. The van der Waals surface area contributed by atoms with E-state index in [-0.39, 0.29) is 13.2 Å². The molecule has 6 N–H and O–H groups in total. The van der Waals surface area contributed by atoms with Crippen LogP contribution in [-0.2, 0) is 9.59 Å². The van der Waals surface area contributed by atoms with Crippen molar-refractivity contribution in [2.24, 2.45) is 0 Å². The third kappa shape index (κ3) is 24.2. The largest absolute Gasteiger partial charge is 0.547 e. The van der Waals surface area contributed by atoms with E-state index in [1.165, 1.54) is 0 Å². The van der Waals surface area contributed by atoms with Gasteiger partial charge in [-0.25, -0.2) is 4.79 Å². The first kappa shape index (κ1) is 24.7. The van der Waals surface area contributed by atoms with Gasteiger partial charge in [0, 0.05) is 0 Å². The number of aliphatic hydroxyl groups excluding tert-OH is 5. The van der Waals surface area contributed by atoms with Gasteiger partial charge in [0.25, 0.3) is 0 Å². The van der Waals surface area contributed by atoms with E-state index in [9.17, 15) is 14.7 Å². The zero-order valence-electron chi connectivity index (χ0n) is 12.2. The highest BCUT2D eigenvalue weighted by molar-refractivity contribution is 5.71. The number of rotatable bonds is 7. The first-order chi connectivity index (χ1) is 9.63. The van der Waals surface area contributed by atoms with Crippen LogP contribution in [0.1, 0.15) is 33.1 Å². The molecule has 0 saturated carbocycles. The Morgan fingerprint density at radius 3 is 1.62 bits per heavy atom. The van der Waals surface area contributed by atoms with E-state index in [0.717, 1.165) is 19.8 Å². The molecule has 2 unspecified atom stereocenters. The monoisotopic (exact) mass is 313 g/mol. The number of carboxylic acid groups (broad SMARTS) is 2. The Labute approximate surface area is 123 Å². The molecule has 0 aliphatic carbocycles. The Hall–Kier alpha value is -1.26. The van der Waals surface area contributed by atoms with Crippen LogP contribution in [0.25, 0.3) is 0 Å². The average Bonchev–Trinajstić information content (AvgIpc) is 2.44. The quantitative estimate of drug-likeness (QED) is 0.287. The van der Waals surface area contributed by atoms with Gasteiger partial charge in [-0.3, -0.25) is 0 Å². The second-order valence-electron chi connectivity index (χ2n) is 4.01. The maximum Gasteiger partial charge on any atom is 0.332 e. The fourth-order valence-electron chi connectivity index (χ4n) is 0.579. The number of carbonyl (C=O) groups excluding carboxylic acids is 1. The summed E-state index contributed by atoms with van der Waals surface area (Å²) in [6.07, 6.45) is -1.40. The number of carbonyl (C=O) groups is 2. The average molecular weight is 313 g/mol. The van der Waals surface area contributed by atoms with Crippen molar-refractivity contribution in [2.45, 2.75) is 51.4 Å². The number of unbranched alkanes of at least 4 members (excludes halogenated alkanes) is 1. The van der Waals surface area contributed by atoms with Gasteiger partial charge in [0.2, 0.25) is 0 Å². The first-order valence-electron chi connectivity index (χ1n) is 6.33. The molecule has 9 heteroatoms. The van der Waals surface area contributed by atoms with Gasteiger partial charge >= 0.3 is 5.97 Å². The summed E-state index contributed by atoms with van der Waals surface area (Å²) in [7, 11) is 0. The van der Waals surface area contributed by atoms with Crippen LogP contribution in [0, 0.1) is 0 Å². The van der Waals surface area contributed by atoms with Crippen LogP contribution in [-0.4, -0.2) is 74.1 Å². The van der Waals surface area contributed by atoms with E-state index < -0.39 is 30.3 Å². The fraction of sp³-hybridized carbons (Fsp3) is 0.833. The number of hydrogen-bond acceptors (Lipinski definition) is 8. The lowest BCUT2D eigenvalue weighted by atomic mass is 10.2. The van der Waals surface area contributed by atoms with Crippen molar-refractivity contribution < 1.29 is 45.3 Å². The zero-order chi connectivity index (χ0) is 17.4. The Morgan fingerprint density at radius 2 is 1.48 bits per heavy atom. The van der Waals surface area contributed by atoms with Gasteiger partial charge in [0.15, 0.2) is 6.10 Å². The normalized spacial score (nSPS) is 12.4. The predicted octanol–water partition coefficient (Wildman–Crippen LogP) is -2.93. The molecule has 9 nitrogen and oxygen atoms in total. The molecule has 128 valence electrons. The highest BCUT2D eigenvalue weighted by atomic mass is 16.4. The smallest absolute Gasteiger partial charge is 0.332 e. The van der Waals surface area contributed by atoms with Crippen LogP contribution < -0.4 is 5.11 Å². The number of hydrogen-bond donors (Lipinski definition) is 6. The molecule has 0 aromatic heterocycles. The van der Waals surface area contributed by atoms with Crippen LogP contribution >= 0.6 is 0 Å². The molecule has 0 spiro atoms. The van der Waals surface area contributed by atoms with Crippen molar-refractivity contribution in [1.29, 1.82) is 0 Å². The maximum atomic E-state index is 9.96. The molecule has 0 bridgehead atoms. The molecule has 0 aromatic carbocycles. The molecule has 0 fully saturated rings. The molecule has 0 radical (unpaired) electrons. The molecule has 0 rings (SSSR count). The van der Waals surface area contributed by atoms with Gasteiger partial charge in [-0.05, 0) is 13.3 Å². The minimum Gasteiger partial charge on any atom is -0.547 e. The summed E-state index contributed by atoms with van der Waals surface area (Å²) in [6, 6.07) is 0. The topological polar surface area (TPSA) is 179 Å². The van der Waals surface area contributed by atoms with E-state index in [4.69, 9.17) is 30.6 Å². The van der Waals surface area contributed by atoms with Gasteiger partial charge in [-0.2, -0.15) is 0 Å². The molecule has 0 aliphatic rings. The summed E-state index contributed by atoms with van der Waals surface area (Å²) < 4.78 is 0. The number of carboxylic acids is 2. The zero-order valence-corrected chi connectivity index (χ0v) is 12.2. The molecule has 0 saturated heterocycles. The highest BCUT2D eigenvalue weighted by Gasteiger charge is 2.10.